The standard InChI is InChI=1S/C23H23N3O5/c1-15-9-17(25(2)24-15)11-26(12-18-13-28-19-5-3-4-6-21(19)31-18)23(27)16-7-8-20-22(10-16)30-14-29-20/h3-10,18H,11-14H2,1-2H3/t18-/m0/s1. The van der Waals surface area contributed by atoms with Crippen molar-refractivity contribution in [2.75, 3.05) is 19.9 Å². The summed E-state index contributed by atoms with van der Waals surface area (Å²) < 4.78 is 24.6. The Morgan fingerprint density at radius 3 is 2.65 bits per heavy atom. The van der Waals surface area contributed by atoms with E-state index >= 15 is 0 Å². The van der Waals surface area contributed by atoms with E-state index in [0.717, 1.165) is 17.1 Å². The quantitative estimate of drug-likeness (QED) is 0.631. The van der Waals surface area contributed by atoms with Crippen LogP contribution in [0, 0.1) is 6.92 Å². The van der Waals surface area contributed by atoms with Gasteiger partial charge in [0.05, 0.1) is 24.5 Å². The van der Waals surface area contributed by atoms with E-state index in [2.05, 4.69) is 5.10 Å². The first kappa shape index (κ1) is 19.3. The Kier molecular flexibility index (Phi) is 4.89. The van der Waals surface area contributed by atoms with Crippen molar-refractivity contribution < 1.29 is 23.7 Å². The molecule has 1 amide bonds. The topological polar surface area (TPSA) is 75.1 Å². The number of hydrogen-bond acceptors (Lipinski definition) is 6. The third-order valence-electron chi connectivity index (χ3n) is 5.35. The molecule has 31 heavy (non-hydrogen) atoms. The van der Waals surface area contributed by atoms with Crippen molar-refractivity contribution >= 4 is 5.91 Å². The summed E-state index contributed by atoms with van der Waals surface area (Å²) in [6, 6.07) is 14.8. The number of hydrogen-bond donors (Lipinski definition) is 0. The second kappa shape index (κ2) is 7.86. The van der Waals surface area contributed by atoms with Gasteiger partial charge in [0.15, 0.2) is 29.1 Å². The molecule has 8 heteroatoms. The summed E-state index contributed by atoms with van der Waals surface area (Å²) >= 11 is 0. The van der Waals surface area contributed by atoms with Crippen LogP contribution in [0.1, 0.15) is 21.7 Å². The molecule has 2 aromatic carbocycles. The molecular formula is C23H23N3O5. The zero-order chi connectivity index (χ0) is 21.4. The highest BCUT2D eigenvalue weighted by atomic mass is 16.7. The number of carbonyl (C=O) groups is 1. The van der Waals surface area contributed by atoms with Crippen LogP contribution in [0.4, 0.5) is 0 Å². The molecule has 3 aromatic rings. The molecule has 0 radical (unpaired) electrons. The highest BCUT2D eigenvalue weighted by molar-refractivity contribution is 5.95. The molecule has 8 nitrogen and oxygen atoms in total. The van der Waals surface area contributed by atoms with Crippen molar-refractivity contribution in [1.82, 2.24) is 14.7 Å². The normalized spacial score (nSPS) is 16.3. The summed E-state index contributed by atoms with van der Waals surface area (Å²) in [6.45, 7) is 3.23. The third kappa shape index (κ3) is 3.88. The summed E-state index contributed by atoms with van der Waals surface area (Å²) in [7, 11) is 1.88. The average molecular weight is 421 g/mol. The number of aromatic nitrogens is 2. The number of aryl methyl sites for hydroxylation is 2. The van der Waals surface area contributed by atoms with Gasteiger partial charge in [-0.2, -0.15) is 5.10 Å². The second-order valence-corrected chi connectivity index (χ2v) is 7.65. The summed E-state index contributed by atoms with van der Waals surface area (Å²) in [6.07, 6.45) is -0.290. The maximum Gasteiger partial charge on any atom is 0.254 e. The van der Waals surface area contributed by atoms with Gasteiger partial charge in [0.1, 0.15) is 6.61 Å². The number of nitrogens with zero attached hydrogens (tertiary/aromatic N) is 3. The molecule has 0 saturated carbocycles. The van der Waals surface area contributed by atoms with Crippen LogP contribution in [0.2, 0.25) is 0 Å². The Morgan fingerprint density at radius 1 is 1.06 bits per heavy atom. The van der Waals surface area contributed by atoms with E-state index in [0.29, 0.717) is 42.5 Å². The Bertz CT molecular complexity index is 1130. The van der Waals surface area contributed by atoms with Gasteiger partial charge in [-0.15, -0.1) is 0 Å². The molecule has 1 aromatic heterocycles. The van der Waals surface area contributed by atoms with Gasteiger partial charge in [-0.3, -0.25) is 9.48 Å². The molecule has 0 bridgehead atoms. The van der Waals surface area contributed by atoms with Gasteiger partial charge in [-0.25, -0.2) is 0 Å². The minimum Gasteiger partial charge on any atom is -0.486 e. The maximum atomic E-state index is 13.5. The first-order valence-electron chi connectivity index (χ1n) is 10.1. The fourth-order valence-electron chi connectivity index (χ4n) is 3.84. The number of para-hydroxylation sites is 2. The van der Waals surface area contributed by atoms with Crippen molar-refractivity contribution in [1.29, 1.82) is 0 Å². The fraction of sp³-hybridized carbons (Fsp3) is 0.304. The molecule has 0 saturated heterocycles. The number of ether oxygens (including phenoxy) is 4. The van der Waals surface area contributed by atoms with Crippen LogP contribution in [0.25, 0.3) is 0 Å². The molecule has 1 atom stereocenters. The first-order valence-corrected chi connectivity index (χ1v) is 10.1. The molecule has 0 unspecified atom stereocenters. The van der Waals surface area contributed by atoms with Crippen LogP contribution in [0.15, 0.2) is 48.5 Å². The Hall–Kier alpha value is -3.68. The Labute approximate surface area is 179 Å². The van der Waals surface area contributed by atoms with Crippen LogP contribution in [-0.2, 0) is 13.6 Å². The SMILES string of the molecule is Cc1cc(CN(C[C@H]2COc3ccccc3O2)C(=O)c2ccc3c(c2)OCO3)n(C)n1. The van der Waals surface area contributed by atoms with Gasteiger partial charge < -0.3 is 23.8 Å². The van der Waals surface area contributed by atoms with Gasteiger partial charge in [0, 0.05) is 12.6 Å². The van der Waals surface area contributed by atoms with E-state index in [1.807, 2.05) is 44.3 Å². The zero-order valence-electron chi connectivity index (χ0n) is 17.4. The van der Waals surface area contributed by atoms with Gasteiger partial charge in [-0.05, 0) is 43.3 Å². The van der Waals surface area contributed by atoms with Crippen LogP contribution in [0.5, 0.6) is 23.0 Å². The van der Waals surface area contributed by atoms with E-state index < -0.39 is 0 Å². The molecule has 5 rings (SSSR count). The molecule has 2 aliphatic rings. The predicted octanol–water partition coefficient (Wildman–Crippen LogP) is 2.94. The Morgan fingerprint density at radius 2 is 1.84 bits per heavy atom. The predicted molar refractivity (Wildman–Crippen MR) is 112 cm³/mol. The number of carbonyl (C=O) groups excluding carboxylic acids is 1. The van der Waals surface area contributed by atoms with Crippen molar-refractivity contribution in [2.24, 2.45) is 7.05 Å². The van der Waals surface area contributed by atoms with Crippen molar-refractivity contribution in [2.45, 2.75) is 19.6 Å². The molecular weight excluding hydrogens is 398 g/mol. The van der Waals surface area contributed by atoms with Crippen LogP contribution in [-0.4, -0.2) is 46.6 Å². The summed E-state index contributed by atoms with van der Waals surface area (Å²) in [4.78, 5) is 15.2. The summed E-state index contributed by atoms with van der Waals surface area (Å²) in [5, 5.41) is 4.41. The third-order valence-corrected chi connectivity index (χ3v) is 5.35. The van der Waals surface area contributed by atoms with Gasteiger partial charge in [-0.1, -0.05) is 12.1 Å². The van der Waals surface area contributed by atoms with Gasteiger partial charge in [0.25, 0.3) is 5.91 Å². The van der Waals surface area contributed by atoms with Crippen LogP contribution >= 0.6 is 0 Å². The molecule has 0 spiro atoms. The van der Waals surface area contributed by atoms with Gasteiger partial charge in [0.2, 0.25) is 6.79 Å². The van der Waals surface area contributed by atoms with E-state index in [1.165, 1.54) is 0 Å². The minimum atomic E-state index is -0.290. The zero-order valence-corrected chi connectivity index (χ0v) is 17.4. The highest BCUT2D eigenvalue weighted by Gasteiger charge is 2.28. The first-order chi connectivity index (χ1) is 15.1. The number of amides is 1. The van der Waals surface area contributed by atoms with Crippen LogP contribution in [0.3, 0.4) is 0 Å². The Balaban J connectivity index is 1.40. The number of benzene rings is 2. The van der Waals surface area contributed by atoms with Gasteiger partial charge >= 0.3 is 0 Å². The molecule has 160 valence electrons. The van der Waals surface area contributed by atoms with E-state index in [1.54, 1.807) is 27.8 Å². The fourth-order valence-corrected chi connectivity index (χ4v) is 3.84. The number of rotatable bonds is 5. The van der Waals surface area contributed by atoms with Crippen LogP contribution < -0.4 is 18.9 Å². The lowest BCUT2D eigenvalue weighted by Gasteiger charge is -2.31. The molecule has 0 N–H and O–H groups in total. The lowest BCUT2D eigenvalue weighted by atomic mass is 10.1. The maximum absolute atomic E-state index is 13.5. The second-order valence-electron chi connectivity index (χ2n) is 7.65. The van der Waals surface area contributed by atoms with E-state index in [-0.39, 0.29) is 18.8 Å². The summed E-state index contributed by atoms with van der Waals surface area (Å²) in [5.41, 5.74) is 2.36. The molecule has 0 fully saturated rings. The monoisotopic (exact) mass is 421 g/mol. The van der Waals surface area contributed by atoms with E-state index in [9.17, 15) is 4.79 Å². The highest BCUT2D eigenvalue weighted by Crippen LogP contribution is 2.34. The largest absolute Gasteiger partial charge is 0.486 e. The molecule has 2 aliphatic heterocycles. The minimum absolute atomic E-state index is 0.125. The lowest BCUT2D eigenvalue weighted by molar-refractivity contribution is 0.0439. The van der Waals surface area contributed by atoms with Crippen molar-refractivity contribution in [3.05, 3.63) is 65.5 Å². The average Bonchev–Trinajstić information content (AvgIpc) is 3.37. The molecule has 3 heterocycles. The van der Waals surface area contributed by atoms with Crippen molar-refractivity contribution in [3.8, 4) is 23.0 Å². The summed E-state index contributed by atoms with van der Waals surface area (Å²) in [5.74, 6) is 2.50. The van der Waals surface area contributed by atoms with Crippen molar-refractivity contribution in [3.63, 3.8) is 0 Å². The lowest BCUT2D eigenvalue weighted by Crippen LogP contribution is -2.43. The number of fused-ring (bicyclic) bond motifs is 2. The molecule has 0 aliphatic carbocycles. The smallest absolute Gasteiger partial charge is 0.254 e. The van der Waals surface area contributed by atoms with E-state index in [4.69, 9.17) is 18.9 Å².